The third kappa shape index (κ3) is 5.17. The number of halogens is 1. The van der Waals surface area contributed by atoms with E-state index in [1.165, 1.54) is 11.1 Å². The molecule has 0 saturated carbocycles. The normalized spacial score (nSPS) is 14.5. The molecule has 0 bridgehead atoms. The van der Waals surface area contributed by atoms with Gasteiger partial charge >= 0.3 is 0 Å². The standard InChI is InChI=1S/C23H23IN6OS/c24-13-17-2-1-3-19(12-17)27-21-20-22(26-15-25-21)29-23(32-20)28-18-6-4-16(5-7-18)14-30-8-10-31-11-9-30/h1-7,12,15H,8-11,13-14H2,(H2,25,26,27,28,29). The molecule has 0 unspecified atom stereocenters. The SMILES string of the molecule is ICc1cccc(Nc2ncnc3nc(Nc4ccc(CN5CCOCC5)cc4)sc23)c1. The van der Waals surface area contributed by atoms with Crippen LogP contribution in [0.1, 0.15) is 11.1 Å². The van der Waals surface area contributed by atoms with Crippen LogP contribution in [0.5, 0.6) is 0 Å². The lowest BCUT2D eigenvalue weighted by molar-refractivity contribution is 0.0342. The highest BCUT2D eigenvalue weighted by Crippen LogP contribution is 2.33. The molecule has 2 aromatic carbocycles. The van der Waals surface area contributed by atoms with Gasteiger partial charge < -0.3 is 15.4 Å². The van der Waals surface area contributed by atoms with E-state index in [0.29, 0.717) is 5.65 Å². The van der Waals surface area contributed by atoms with Crippen molar-refractivity contribution >= 4 is 66.6 Å². The van der Waals surface area contributed by atoms with Crippen LogP contribution in [0.25, 0.3) is 10.3 Å². The number of morpholine rings is 1. The molecule has 2 N–H and O–H groups in total. The number of benzene rings is 2. The van der Waals surface area contributed by atoms with Crippen molar-refractivity contribution in [2.75, 3.05) is 36.9 Å². The summed E-state index contributed by atoms with van der Waals surface area (Å²) in [5.74, 6) is 0.770. The minimum atomic E-state index is 0.684. The van der Waals surface area contributed by atoms with E-state index in [1.54, 1.807) is 17.7 Å². The third-order valence-corrected chi connectivity index (χ3v) is 7.10. The monoisotopic (exact) mass is 558 g/mol. The lowest BCUT2D eigenvalue weighted by Crippen LogP contribution is -2.35. The Bertz CT molecular complexity index is 1190. The Morgan fingerprint density at radius 3 is 2.62 bits per heavy atom. The van der Waals surface area contributed by atoms with Crippen LogP contribution < -0.4 is 10.6 Å². The van der Waals surface area contributed by atoms with E-state index >= 15 is 0 Å². The number of fused-ring (bicyclic) bond motifs is 1. The van der Waals surface area contributed by atoms with Crippen molar-refractivity contribution in [3.05, 3.63) is 66.0 Å². The average molecular weight is 558 g/mol. The van der Waals surface area contributed by atoms with E-state index in [2.05, 4.69) is 95.5 Å². The van der Waals surface area contributed by atoms with Crippen LogP contribution in [-0.4, -0.2) is 46.2 Å². The van der Waals surface area contributed by atoms with Gasteiger partial charge in [0.25, 0.3) is 0 Å². The van der Waals surface area contributed by atoms with Crippen molar-refractivity contribution in [2.24, 2.45) is 0 Å². The second kappa shape index (κ2) is 10.1. The molecule has 9 heteroatoms. The third-order valence-electron chi connectivity index (χ3n) is 5.25. The molecule has 1 fully saturated rings. The molecule has 1 aliphatic rings. The van der Waals surface area contributed by atoms with E-state index in [-0.39, 0.29) is 0 Å². The van der Waals surface area contributed by atoms with Gasteiger partial charge in [-0.1, -0.05) is 58.2 Å². The Hall–Kier alpha value is -2.34. The summed E-state index contributed by atoms with van der Waals surface area (Å²) in [5, 5.41) is 7.63. The molecule has 2 aromatic heterocycles. The Balaban J connectivity index is 1.30. The smallest absolute Gasteiger partial charge is 0.189 e. The van der Waals surface area contributed by atoms with Crippen LogP contribution in [0.3, 0.4) is 0 Å². The number of hydrogen-bond donors (Lipinski definition) is 2. The van der Waals surface area contributed by atoms with Gasteiger partial charge in [-0.15, -0.1) is 0 Å². The first-order valence-electron chi connectivity index (χ1n) is 10.5. The minimum absolute atomic E-state index is 0.684. The first-order valence-corrected chi connectivity index (χ1v) is 12.8. The lowest BCUT2D eigenvalue weighted by Gasteiger charge is -2.26. The molecule has 32 heavy (non-hydrogen) atoms. The van der Waals surface area contributed by atoms with Crippen LogP contribution in [0.15, 0.2) is 54.9 Å². The van der Waals surface area contributed by atoms with Crippen LogP contribution in [0.4, 0.5) is 22.3 Å². The molecular weight excluding hydrogens is 535 g/mol. The largest absolute Gasteiger partial charge is 0.379 e. The van der Waals surface area contributed by atoms with Gasteiger partial charge in [-0.25, -0.2) is 9.97 Å². The van der Waals surface area contributed by atoms with E-state index in [9.17, 15) is 0 Å². The number of alkyl halides is 1. The molecule has 4 aromatic rings. The van der Waals surface area contributed by atoms with Gasteiger partial charge in [0, 0.05) is 35.4 Å². The fraction of sp³-hybridized carbons (Fsp3) is 0.261. The number of thiazole rings is 1. The molecule has 0 atom stereocenters. The molecule has 0 spiro atoms. The molecule has 1 aliphatic heterocycles. The summed E-state index contributed by atoms with van der Waals surface area (Å²) in [6, 6.07) is 16.9. The minimum Gasteiger partial charge on any atom is -0.379 e. The first-order chi connectivity index (χ1) is 15.8. The van der Waals surface area contributed by atoms with Crippen molar-refractivity contribution in [1.29, 1.82) is 0 Å². The number of ether oxygens (including phenoxy) is 1. The molecular formula is C23H23IN6OS. The lowest BCUT2D eigenvalue weighted by atomic mass is 10.2. The van der Waals surface area contributed by atoms with Gasteiger partial charge in [0.05, 0.1) is 13.2 Å². The summed E-state index contributed by atoms with van der Waals surface area (Å²) < 4.78 is 7.32. The van der Waals surface area contributed by atoms with E-state index in [4.69, 9.17) is 4.74 Å². The van der Waals surface area contributed by atoms with Crippen LogP contribution in [0.2, 0.25) is 0 Å². The number of anilines is 4. The number of nitrogens with one attached hydrogen (secondary N) is 2. The van der Waals surface area contributed by atoms with Crippen molar-refractivity contribution in [3.8, 4) is 0 Å². The summed E-state index contributed by atoms with van der Waals surface area (Å²) in [6.45, 7) is 4.58. The summed E-state index contributed by atoms with van der Waals surface area (Å²) >= 11 is 3.91. The topological polar surface area (TPSA) is 75.2 Å². The summed E-state index contributed by atoms with van der Waals surface area (Å²) in [5.41, 5.74) is 5.27. The molecule has 0 radical (unpaired) electrons. The van der Waals surface area contributed by atoms with Crippen molar-refractivity contribution in [3.63, 3.8) is 0 Å². The Morgan fingerprint density at radius 1 is 0.969 bits per heavy atom. The predicted molar refractivity (Wildman–Crippen MR) is 138 cm³/mol. The van der Waals surface area contributed by atoms with Gasteiger partial charge in [-0.2, -0.15) is 4.98 Å². The van der Waals surface area contributed by atoms with E-state index in [0.717, 1.165) is 64.3 Å². The first kappa shape index (κ1) is 21.5. The fourth-order valence-electron chi connectivity index (χ4n) is 3.60. The summed E-state index contributed by atoms with van der Waals surface area (Å²) in [6.07, 6.45) is 1.55. The van der Waals surface area contributed by atoms with Gasteiger partial charge in [0.15, 0.2) is 16.6 Å². The zero-order valence-electron chi connectivity index (χ0n) is 17.4. The molecule has 0 amide bonds. The highest BCUT2D eigenvalue weighted by Gasteiger charge is 2.13. The Kier molecular flexibility index (Phi) is 6.77. The Morgan fingerprint density at radius 2 is 1.81 bits per heavy atom. The molecule has 0 aliphatic carbocycles. The van der Waals surface area contributed by atoms with Crippen LogP contribution >= 0.6 is 33.9 Å². The zero-order chi connectivity index (χ0) is 21.8. The van der Waals surface area contributed by atoms with Crippen molar-refractivity contribution < 1.29 is 4.74 Å². The molecule has 7 nitrogen and oxygen atoms in total. The van der Waals surface area contributed by atoms with Crippen LogP contribution in [-0.2, 0) is 15.7 Å². The number of hydrogen-bond acceptors (Lipinski definition) is 8. The maximum atomic E-state index is 5.43. The number of aromatic nitrogens is 3. The highest BCUT2D eigenvalue weighted by molar-refractivity contribution is 14.1. The number of rotatable bonds is 7. The molecule has 5 rings (SSSR count). The van der Waals surface area contributed by atoms with Crippen molar-refractivity contribution in [1.82, 2.24) is 19.9 Å². The van der Waals surface area contributed by atoms with E-state index in [1.807, 2.05) is 6.07 Å². The quantitative estimate of drug-likeness (QED) is 0.234. The van der Waals surface area contributed by atoms with Gasteiger partial charge in [-0.05, 0) is 35.4 Å². The van der Waals surface area contributed by atoms with Crippen molar-refractivity contribution in [2.45, 2.75) is 11.0 Å². The summed E-state index contributed by atoms with van der Waals surface area (Å²) in [4.78, 5) is 15.9. The van der Waals surface area contributed by atoms with E-state index < -0.39 is 0 Å². The van der Waals surface area contributed by atoms with Gasteiger partial charge in [0.1, 0.15) is 11.0 Å². The average Bonchev–Trinajstić information content (AvgIpc) is 3.25. The second-order valence-electron chi connectivity index (χ2n) is 7.56. The molecule has 1 saturated heterocycles. The Labute approximate surface area is 204 Å². The zero-order valence-corrected chi connectivity index (χ0v) is 20.4. The van der Waals surface area contributed by atoms with Crippen LogP contribution in [0, 0.1) is 0 Å². The van der Waals surface area contributed by atoms with Gasteiger partial charge in [0.2, 0.25) is 0 Å². The maximum Gasteiger partial charge on any atom is 0.189 e. The maximum absolute atomic E-state index is 5.43. The molecule has 3 heterocycles. The van der Waals surface area contributed by atoms with Gasteiger partial charge in [-0.3, -0.25) is 4.90 Å². The molecule has 164 valence electrons. The number of nitrogens with zero attached hydrogens (tertiary/aromatic N) is 4. The summed E-state index contributed by atoms with van der Waals surface area (Å²) in [7, 11) is 0. The predicted octanol–water partition coefficient (Wildman–Crippen LogP) is 5.34. The fourth-order valence-corrected chi connectivity index (χ4v) is 4.96. The second-order valence-corrected chi connectivity index (χ2v) is 9.33. The highest BCUT2D eigenvalue weighted by atomic mass is 127.